The summed E-state index contributed by atoms with van der Waals surface area (Å²) in [6, 6.07) is 8.91. The van der Waals surface area contributed by atoms with Gasteiger partial charge in [0.1, 0.15) is 17.3 Å². The zero-order valence-electron chi connectivity index (χ0n) is 11.4. The van der Waals surface area contributed by atoms with Gasteiger partial charge >= 0.3 is 0 Å². The van der Waals surface area contributed by atoms with Gasteiger partial charge < -0.3 is 14.8 Å². The van der Waals surface area contributed by atoms with Gasteiger partial charge in [-0.2, -0.15) is 0 Å². The molecule has 0 aromatic heterocycles. The Balaban J connectivity index is 2.28. The van der Waals surface area contributed by atoms with Crippen molar-refractivity contribution in [3.8, 4) is 11.5 Å². The van der Waals surface area contributed by atoms with Crippen molar-refractivity contribution in [2.45, 2.75) is 0 Å². The van der Waals surface area contributed by atoms with Crippen LogP contribution in [0.5, 0.6) is 11.5 Å². The summed E-state index contributed by atoms with van der Waals surface area (Å²) >= 11 is 3.20. The molecule has 2 aromatic rings. The lowest BCUT2D eigenvalue weighted by Gasteiger charge is -2.11. The van der Waals surface area contributed by atoms with E-state index < -0.39 is 0 Å². The van der Waals surface area contributed by atoms with Crippen molar-refractivity contribution in [2.75, 3.05) is 19.5 Å². The Bertz CT molecular complexity index is 676. The number of hydrogen-bond acceptors (Lipinski definition) is 3. The molecule has 0 spiro atoms. The molecule has 6 heteroatoms. The maximum Gasteiger partial charge on any atom is 0.259 e. The largest absolute Gasteiger partial charge is 0.497 e. The Hall–Kier alpha value is -2.08. The number of carbonyl (C=O) groups is 1. The Labute approximate surface area is 130 Å². The molecule has 0 saturated heterocycles. The van der Waals surface area contributed by atoms with E-state index in [1.165, 1.54) is 32.4 Å². The number of benzene rings is 2. The number of halogens is 2. The van der Waals surface area contributed by atoms with Crippen molar-refractivity contribution in [1.82, 2.24) is 0 Å². The Morgan fingerprint density at radius 2 is 1.90 bits per heavy atom. The van der Waals surface area contributed by atoms with Crippen LogP contribution in [0.15, 0.2) is 40.9 Å². The van der Waals surface area contributed by atoms with Gasteiger partial charge in [0.25, 0.3) is 5.91 Å². The number of nitrogens with one attached hydrogen (secondary N) is 1. The number of rotatable bonds is 4. The van der Waals surface area contributed by atoms with E-state index in [0.29, 0.717) is 27.2 Å². The van der Waals surface area contributed by atoms with Crippen LogP contribution in [0.4, 0.5) is 10.1 Å². The third-order valence-electron chi connectivity index (χ3n) is 2.83. The van der Waals surface area contributed by atoms with E-state index >= 15 is 0 Å². The van der Waals surface area contributed by atoms with Gasteiger partial charge in [0.15, 0.2) is 0 Å². The second kappa shape index (κ2) is 6.58. The van der Waals surface area contributed by atoms with Crippen molar-refractivity contribution in [2.24, 2.45) is 0 Å². The average Bonchev–Trinajstić information content (AvgIpc) is 2.49. The van der Waals surface area contributed by atoms with Crippen LogP contribution in [-0.4, -0.2) is 20.1 Å². The summed E-state index contributed by atoms with van der Waals surface area (Å²) in [5, 5.41) is 2.69. The van der Waals surface area contributed by atoms with Gasteiger partial charge in [-0.25, -0.2) is 4.39 Å². The minimum Gasteiger partial charge on any atom is -0.497 e. The van der Waals surface area contributed by atoms with E-state index in [4.69, 9.17) is 9.47 Å². The number of anilines is 1. The summed E-state index contributed by atoms with van der Waals surface area (Å²) in [5.41, 5.74) is 0.828. The zero-order chi connectivity index (χ0) is 15.4. The second-order valence-corrected chi connectivity index (χ2v) is 5.00. The lowest BCUT2D eigenvalue weighted by molar-refractivity contribution is 0.102. The fourth-order valence-corrected chi connectivity index (χ4v) is 2.22. The van der Waals surface area contributed by atoms with E-state index in [9.17, 15) is 9.18 Å². The van der Waals surface area contributed by atoms with Crippen molar-refractivity contribution in [1.29, 1.82) is 0 Å². The molecule has 2 rings (SSSR count). The highest BCUT2D eigenvalue weighted by molar-refractivity contribution is 9.10. The third-order valence-corrected chi connectivity index (χ3v) is 3.49. The van der Waals surface area contributed by atoms with Crippen LogP contribution in [0.3, 0.4) is 0 Å². The fraction of sp³-hybridized carbons (Fsp3) is 0.133. The quantitative estimate of drug-likeness (QED) is 0.907. The van der Waals surface area contributed by atoms with Crippen molar-refractivity contribution in [3.63, 3.8) is 0 Å². The van der Waals surface area contributed by atoms with Crippen LogP contribution >= 0.6 is 15.9 Å². The minimum absolute atomic E-state index is 0.356. The summed E-state index contributed by atoms with van der Waals surface area (Å²) < 4.78 is 23.8. The molecular weight excluding hydrogens is 341 g/mol. The van der Waals surface area contributed by atoms with E-state index in [0.717, 1.165) is 0 Å². The third kappa shape index (κ3) is 3.52. The van der Waals surface area contributed by atoms with Crippen LogP contribution in [0, 0.1) is 5.82 Å². The van der Waals surface area contributed by atoms with Gasteiger partial charge in [-0.05, 0) is 46.3 Å². The standard InChI is InChI=1S/C15H13BrFNO3/c1-20-10-4-5-11(14(8-10)21-2)15(19)18-13-6-3-9(17)7-12(13)16/h3-8H,1-2H3,(H,18,19). The van der Waals surface area contributed by atoms with Crippen LogP contribution in [0.25, 0.3) is 0 Å². The Kier molecular flexibility index (Phi) is 4.80. The molecule has 0 radical (unpaired) electrons. The van der Waals surface area contributed by atoms with Gasteiger partial charge in [-0.15, -0.1) is 0 Å². The lowest BCUT2D eigenvalue weighted by Crippen LogP contribution is -2.13. The van der Waals surface area contributed by atoms with Crippen molar-refractivity contribution in [3.05, 3.63) is 52.3 Å². The summed E-state index contributed by atoms with van der Waals surface area (Å²) in [4.78, 5) is 12.3. The maximum absolute atomic E-state index is 13.0. The van der Waals surface area contributed by atoms with E-state index in [-0.39, 0.29) is 11.7 Å². The Morgan fingerprint density at radius 1 is 1.14 bits per heavy atom. The average molecular weight is 354 g/mol. The van der Waals surface area contributed by atoms with E-state index in [1.807, 2.05) is 0 Å². The number of methoxy groups -OCH3 is 2. The molecule has 0 aliphatic rings. The minimum atomic E-state index is -0.387. The highest BCUT2D eigenvalue weighted by Gasteiger charge is 2.14. The molecule has 0 aliphatic carbocycles. The molecule has 4 nitrogen and oxygen atoms in total. The zero-order valence-corrected chi connectivity index (χ0v) is 13.0. The number of carbonyl (C=O) groups excluding carboxylic acids is 1. The summed E-state index contributed by atoms with van der Waals surface area (Å²) in [5.74, 6) is 0.236. The van der Waals surface area contributed by atoms with Crippen LogP contribution < -0.4 is 14.8 Å². The van der Waals surface area contributed by atoms with Gasteiger partial charge in [0.2, 0.25) is 0 Å². The molecule has 2 aromatic carbocycles. The number of hydrogen-bond donors (Lipinski definition) is 1. The normalized spacial score (nSPS) is 10.1. The SMILES string of the molecule is COc1ccc(C(=O)Nc2ccc(F)cc2Br)c(OC)c1. The monoisotopic (exact) mass is 353 g/mol. The van der Waals surface area contributed by atoms with Crippen LogP contribution in [0.1, 0.15) is 10.4 Å². The van der Waals surface area contributed by atoms with Gasteiger partial charge in [0.05, 0.1) is 25.5 Å². The predicted octanol–water partition coefficient (Wildman–Crippen LogP) is 3.86. The van der Waals surface area contributed by atoms with Crippen molar-refractivity contribution >= 4 is 27.5 Å². The first-order valence-corrected chi connectivity index (χ1v) is 6.83. The molecule has 1 N–H and O–H groups in total. The first-order chi connectivity index (χ1) is 10.0. The van der Waals surface area contributed by atoms with E-state index in [2.05, 4.69) is 21.2 Å². The van der Waals surface area contributed by atoms with Crippen molar-refractivity contribution < 1.29 is 18.7 Å². The second-order valence-electron chi connectivity index (χ2n) is 4.14. The molecule has 0 heterocycles. The highest BCUT2D eigenvalue weighted by atomic mass is 79.9. The molecule has 0 bridgehead atoms. The first-order valence-electron chi connectivity index (χ1n) is 6.03. The smallest absolute Gasteiger partial charge is 0.259 e. The van der Waals surface area contributed by atoms with E-state index in [1.54, 1.807) is 18.2 Å². The molecule has 21 heavy (non-hydrogen) atoms. The number of amides is 1. The summed E-state index contributed by atoms with van der Waals surface area (Å²) in [7, 11) is 3.00. The number of ether oxygens (including phenoxy) is 2. The maximum atomic E-state index is 13.0. The topological polar surface area (TPSA) is 47.6 Å². The predicted molar refractivity (Wildman–Crippen MR) is 81.6 cm³/mol. The lowest BCUT2D eigenvalue weighted by atomic mass is 10.1. The Morgan fingerprint density at radius 3 is 2.52 bits per heavy atom. The fourth-order valence-electron chi connectivity index (χ4n) is 1.77. The molecule has 110 valence electrons. The van der Waals surface area contributed by atoms with Gasteiger partial charge in [-0.1, -0.05) is 0 Å². The molecule has 1 amide bonds. The molecule has 0 fully saturated rings. The molecule has 0 aliphatic heterocycles. The first kappa shape index (κ1) is 15.3. The molecule has 0 saturated carbocycles. The van der Waals surface area contributed by atoms with Gasteiger partial charge in [0, 0.05) is 10.5 Å². The summed E-state index contributed by atoms with van der Waals surface area (Å²) in [6.07, 6.45) is 0. The highest BCUT2D eigenvalue weighted by Crippen LogP contribution is 2.27. The van der Waals surface area contributed by atoms with Crippen LogP contribution in [-0.2, 0) is 0 Å². The summed E-state index contributed by atoms with van der Waals surface area (Å²) in [6.45, 7) is 0. The molecule has 0 atom stereocenters. The molecule has 0 unspecified atom stereocenters. The molecular formula is C15H13BrFNO3. The van der Waals surface area contributed by atoms with Crippen LogP contribution in [0.2, 0.25) is 0 Å². The van der Waals surface area contributed by atoms with Gasteiger partial charge in [-0.3, -0.25) is 4.79 Å².